The van der Waals surface area contributed by atoms with Crippen LogP contribution in [0.15, 0.2) is 53.4 Å². The van der Waals surface area contributed by atoms with Gasteiger partial charge in [0.2, 0.25) is 10.0 Å². The summed E-state index contributed by atoms with van der Waals surface area (Å²) in [5.74, 6) is -0.627. The molecular formula is C19H19F3N2O4S. The number of amides is 1. The van der Waals surface area contributed by atoms with Crippen molar-refractivity contribution >= 4 is 15.9 Å². The fourth-order valence-electron chi connectivity index (χ4n) is 2.89. The van der Waals surface area contributed by atoms with E-state index in [1.807, 2.05) is 0 Å². The molecule has 1 aliphatic heterocycles. The number of nitrogens with one attached hydrogen (secondary N) is 1. The van der Waals surface area contributed by atoms with Gasteiger partial charge in [-0.25, -0.2) is 8.42 Å². The standard InChI is InChI=1S/C19H19F3N2O4S/c20-19(21,22)15-7-5-14(6-8-15)13-23-18(25)16-3-1-2-4-17(16)29(26,27)24-9-11-28-12-10-24/h1-8H,9-13H2,(H,23,25). The molecule has 0 spiro atoms. The van der Waals surface area contributed by atoms with Crippen LogP contribution in [0.4, 0.5) is 13.2 Å². The summed E-state index contributed by atoms with van der Waals surface area (Å²) in [7, 11) is -3.88. The molecule has 0 atom stereocenters. The van der Waals surface area contributed by atoms with Crippen molar-refractivity contribution in [2.75, 3.05) is 26.3 Å². The Morgan fingerprint density at radius 1 is 1.03 bits per heavy atom. The van der Waals surface area contributed by atoms with Crippen LogP contribution < -0.4 is 5.32 Å². The number of rotatable bonds is 5. The molecule has 156 valence electrons. The number of nitrogens with zero attached hydrogens (tertiary/aromatic N) is 1. The van der Waals surface area contributed by atoms with Gasteiger partial charge in [0.05, 0.1) is 29.2 Å². The van der Waals surface area contributed by atoms with Crippen molar-refractivity contribution in [1.29, 1.82) is 0 Å². The monoisotopic (exact) mass is 428 g/mol. The Hall–Kier alpha value is -2.43. The number of morpholine rings is 1. The van der Waals surface area contributed by atoms with Crippen LogP contribution in [-0.4, -0.2) is 44.9 Å². The van der Waals surface area contributed by atoms with Gasteiger partial charge in [0, 0.05) is 19.6 Å². The average Bonchev–Trinajstić information content (AvgIpc) is 2.72. The fourth-order valence-corrected chi connectivity index (χ4v) is 4.49. The highest BCUT2D eigenvalue weighted by Gasteiger charge is 2.31. The molecule has 1 amide bonds. The maximum Gasteiger partial charge on any atom is 0.416 e. The first-order valence-electron chi connectivity index (χ1n) is 8.81. The van der Waals surface area contributed by atoms with Crippen molar-refractivity contribution in [3.05, 3.63) is 65.2 Å². The zero-order valence-corrected chi connectivity index (χ0v) is 16.1. The number of hydrogen-bond acceptors (Lipinski definition) is 4. The summed E-state index contributed by atoms with van der Waals surface area (Å²) in [6, 6.07) is 10.2. The molecule has 1 aliphatic rings. The minimum absolute atomic E-state index is 0.0223. The number of alkyl halides is 3. The summed E-state index contributed by atoms with van der Waals surface area (Å²) in [6.45, 7) is 0.916. The summed E-state index contributed by atoms with van der Waals surface area (Å²) in [5, 5.41) is 2.56. The number of benzene rings is 2. The third-order valence-electron chi connectivity index (χ3n) is 4.45. The first-order valence-corrected chi connectivity index (χ1v) is 10.2. The highest BCUT2D eigenvalue weighted by Crippen LogP contribution is 2.29. The quantitative estimate of drug-likeness (QED) is 0.795. The summed E-state index contributed by atoms with van der Waals surface area (Å²) >= 11 is 0. The van der Waals surface area contributed by atoms with Crippen LogP contribution >= 0.6 is 0 Å². The molecule has 0 unspecified atom stereocenters. The molecule has 29 heavy (non-hydrogen) atoms. The van der Waals surface area contributed by atoms with Crippen LogP contribution in [0.2, 0.25) is 0 Å². The summed E-state index contributed by atoms with van der Waals surface area (Å²) in [4.78, 5) is 12.5. The van der Waals surface area contributed by atoms with Crippen LogP contribution in [0.5, 0.6) is 0 Å². The van der Waals surface area contributed by atoms with Gasteiger partial charge in [0.25, 0.3) is 5.91 Å². The van der Waals surface area contributed by atoms with E-state index in [0.29, 0.717) is 5.56 Å². The largest absolute Gasteiger partial charge is 0.416 e. The number of carbonyl (C=O) groups is 1. The zero-order valence-electron chi connectivity index (χ0n) is 15.3. The number of halogens is 3. The molecule has 1 heterocycles. The summed E-state index contributed by atoms with van der Waals surface area (Å²) in [6.07, 6.45) is -4.44. The summed E-state index contributed by atoms with van der Waals surface area (Å²) in [5.41, 5.74) is -0.347. The van der Waals surface area contributed by atoms with E-state index in [-0.39, 0.29) is 43.3 Å². The molecule has 1 fully saturated rings. The van der Waals surface area contributed by atoms with Crippen LogP contribution in [0.3, 0.4) is 0 Å². The van der Waals surface area contributed by atoms with Gasteiger partial charge in [-0.2, -0.15) is 17.5 Å². The lowest BCUT2D eigenvalue weighted by atomic mass is 10.1. The Kier molecular flexibility index (Phi) is 6.25. The molecule has 3 rings (SSSR count). The third-order valence-corrected chi connectivity index (χ3v) is 6.41. The normalized spacial score (nSPS) is 15.8. The van der Waals surface area contributed by atoms with Gasteiger partial charge in [0.15, 0.2) is 0 Å². The number of hydrogen-bond donors (Lipinski definition) is 1. The van der Waals surface area contributed by atoms with E-state index in [4.69, 9.17) is 4.74 Å². The zero-order chi connectivity index (χ0) is 21.1. The van der Waals surface area contributed by atoms with Crippen molar-refractivity contribution in [2.45, 2.75) is 17.6 Å². The Labute approximate surface area is 166 Å². The fraction of sp³-hybridized carbons (Fsp3) is 0.316. The molecule has 6 nitrogen and oxygen atoms in total. The Morgan fingerprint density at radius 3 is 2.28 bits per heavy atom. The SMILES string of the molecule is O=C(NCc1ccc(C(F)(F)F)cc1)c1ccccc1S(=O)(=O)N1CCOCC1. The van der Waals surface area contributed by atoms with Gasteiger partial charge in [-0.15, -0.1) is 0 Å². The molecule has 0 saturated carbocycles. The van der Waals surface area contributed by atoms with Gasteiger partial charge in [-0.3, -0.25) is 4.79 Å². The van der Waals surface area contributed by atoms with E-state index in [0.717, 1.165) is 12.1 Å². The lowest BCUT2D eigenvalue weighted by Crippen LogP contribution is -2.41. The van der Waals surface area contributed by atoms with Crippen LogP contribution in [0.1, 0.15) is 21.5 Å². The van der Waals surface area contributed by atoms with Crippen LogP contribution in [0.25, 0.3) is 0 Å². The number of carbonyl (C=O) groups excluding carboxylic acids is 1. The van der Waals surface area contributed by atoms with E-state index >= 15 is 0 Å². The van der Waals surface area contributed by atoms with Crippen LogP contribution in [-0.2, 0) is 27.5 Å². The molecule has 1 N–H and O–H groups in total. The van der Waals surface area contributed by atoms with E-state index < -0.39 is 27.7 Å². The Morgan fingerprint density at radius 2 is 1.66 bits per heavy atom. The molecular weight excluding hydrogens is 409 g/mol. The summed E-state index contributed by atoms with van der Waals surface area (Å²) < 4.78 is 70.1. The van der Waals surface area contributed by atoms with Crippen molar-refractivity contribution in [3.8, 4) is 0 Å². The number of sulfonamides is 1. The second kappa shape index (κ2) is 8.52. The topological polar surface area (TPSA) is 75.7 Å². The predicted molar refractivity (Wildman–Crippen MR) is 98.6 cm³/mol. The minimum Gasteiger partial charge on any atom is -0.379 e. The van der Waals surface area contributed by atoms with Crippen LogP contribution in [0, 0.1) is 0 Å². The van der Waals surface area contributed by atoms with Gasteiger partial charge in [0.1, 0.15) is 0 Å². The van der Waals surface area contributed by atoms with Crippen molar-refractivity contribution in [2.24, 2.45) is 0 Å². The van der Waals surface area contributed by atoms with E-state index in [1.54, 1.807) is 6.07 Å². The second-order valence-electron chi connectivity index (χ2n) is 6.39. The molecule has 0 radical (unpaired) electrons. The molecule has 0 aromatic heterocycles. The maximum absolute atomic E-state index is 12.9. The van der Waals surface area contributed by atoms with E-state index in [9.17, 15) is 26.4 Å². The maximum atomic E-state index is 12.9. The molecule has 2 aromatic rings. The van der Waals surface area contributed by atoms with Gasteiger partial charge < -0.3 is 10.1 Å². The highest BCUT2D eigenvalue weighted by atomic mass is 32.2. The molecule has 0 bridgehead atoms. The second-order valence-corrected chi connectivity index (χ2v) is 8.30. The lowest BCUT2D eigenvalue weighted by Gasteiger charge is -2.26. The molecule has 10 heteroatoms. The minimum atomic E-state index is -4.44. The number of ether oxygens (including phenoxy) is 1. The highest BCUT2D eigenvalue weighted by molar-refractivity contribution is 7.89. The smallest absolute Gasteiger partial charge is 0.379 e. The van der Waals surface area contributed by atoms with Crippen molar-refractivity contribution < 1.29 is 31.1 Å². The van der Waals surface area contributed by atoms with E-state index in [2.05, 4.69) is 5.32 Å². The predicted octanol–water partition coefficient (Wildman–Crippen LogP) is 2.66. The molecule has 2 aromatic carbocycles. The molecule has 1 saturated heterocycles. The first kappa shape index (κ1) is 21.3. The first-order chi connectivity index (χ1) is 13.7. The Balaban J connectivity index is 1.75. The lowest BCUT2D eigenvalue weighted by molar-refractivity contribution is -0.137. The molecule has 0 aliphatic carbocycles. The van der Waals surface area contributed by atoms with Crippen molar-refractivity contribution in [3.63, 3.8) is 0 Å². The third kappa shape index (κ3) is 4.95. The van der Waals surface area contributed by atoms with Gasteiger partial charge in [-0.1, -0.05) is 24.3 Å². The van der Waals surface area contributed by atoms with Gasteiger partial charge in [-0.05, 0) is 29.8 Å². The van der Waals surface area contributed by atoms with E-state index in [1.165, 1.54) is 34.6 Å². The average molecular weight is 428 g/mol. The van der Waals surface area contributed by atoms with Crippen molar-refractivity contribution in [1.82, 2.24) is 9.62 Å². The van der Waals surface area contributed by atoms with Gasteiger partial charge >= 0.3 is 6.18 Å². The Bertz CT molecular complexity index is 970.